The third-order valence-electron chi connectivity index (χ3n) is 4.01. The molecule has 0 aliphatic heterocycles. The van der Waals surface area contributed by atoms with E-state index in [1.54, 1.807) is 12.3 Å². The van der Waals surface area contributed by atoms with E-state index < -0.39 is 0 Å². The summed E-state index contributed by atoms with van der Waals surface area (Å²) in [5, 5.41) is 3.48. The summed E-state index contributed by atoms with van der Waals surface area (Å²) in [6, 6.07) is 16.8. The van der Waals surface area contributed by atoms with Crippen LogP contribution < -0.4 is 5.32 Å². The molecule has 4 rings (SSSR count). The monoisotopic (exact) mass is 362 g/mol. The number of anilines is 1. The van der Waals surface area contributed by atoms with Gasteiger partial charge in [-0.25, -0.2) is 9.97 Å². The topological polar surface area (TPSA) is 59.3 Å². The molecular formula is C20H15ClN4O. The molecule has 0 fully saturated rings. The number of hydrogen-bond donors (Lipinski definition) is 1. The lowest BCUT2D eigenvalue weighted by Gasteiger charge is -2.07. The van der Waals surface area contributed by atoms with Crippen LogP contribution >= 0.6 is 11.6 Å². The number of fused-ring (bicyclic) bond motifs is 1. The molecule has 0 spiro atoms. The van der Waals surface area contributed by atoms with Crippen molar-refractivity contribution in [3.05, 3.63) is 83.8 Å². The SMILES string of the molecule is O=C(Cc1ccccc1Cl)Nc1ccc(-c2cn3cccnc3n2)cc1. The van der Waals surface area contributed by atoms with Gasteiger partial charge in [0.15, 0.2) is 0 Å². The van der Waals surface area contributed by atoms with Crippen molar-refractivity contribution in [3.8, 4) is 11.3 Å². The molecule has 0 aliphatic carbocycles. The summed E-state index contributed by atoms with van der Waals surface area (Å²) < 4.78 is 1.87. The van der Waals surface area contributed by atoms with Crippen molar-refractivity contribution in [2.75, 3.05) is 5.32 Å². The van der Waals surface area contributed by atoms with E-state index in [2.05, 4.69) is 15.3 Å². The van der Waals surface area contributed by atoms with E-state index in [0.717, 1.165) is 22.5 Å². The molecule has 2 aromatic heterocycles. The lowest BCUT2D eigenvalue weighted by atomic mass is 10.1. The van der Waals surface area contributed by atoms with E-state index in [1.807, 2.05) is 65.3 Å². The summed E-state index contributed by atoms with van der Waals surface area (Å²) in [4.78, 5) is 20.9. The van der Waals surface area contributed by atoms with Gasteiger partial charge in [-0.1, -0.05) is 41.9 Å². The van der Waals surface area contributed by atoms with Gasteiger partial charge in [0.2, 0.25) is 11.7 Å². The van der Waals surface area contributed by atoms with Crippen molar-refractivity contribution in [1.29, 1.82) is 0 Å². The molecule has 6 heteroatoms. The molecule has 2 heterocycles. The molecule has 1 N–H and O–H groups in total. The highest BCUT2D eigenvalue weighted by Crippen LogP contribution is 2.21. The van der Waals surface area contributed by atoms with Gasteiger partial charge in [-0.2, -0.15) is 0 Å². The predicted octanol–water partition coefficient (Wildman–Crippen LogP) is 4.23. The van der Waals surface area contributed by atoms with E-state index >= 15 is 0 Å². The lowest BCUT2D eigenvalue weighted by molar-refractivity contribution is -0.115. The van der Waals surface area contributed by atoms with Crippen LogP contribution in [0.5, 0.6) is 0 Å². The van der Waals surface area contributed by atoms with Gasteiger partial charge in [0, 0.05) is 34.9 Å². The van der Waals surface area contributed by atoms with Crippen molar-refractivity contribution < 1.29 is 4.79 Å². The fraction of sp³-hybridized carbons (Fsp3) is 0.0500. The number of aromatic nitrogens is 3. The van der Waals surface area contributed by atoms with E-state index in [4.69, 9.17) is 11.6 Å². The molecule has 0 atom stereocenters. The molecule has 0 unspecified atom stereocenters. The second-order valence-electron chi connectivity index (χ2n) is 5.85. The Balaban J connectivity index is 1.47. The molecule has 0 bridgehead atoms. The Hall–Kier alpha value is -3.18. The highest BCUT2D eigenvalue weighted by Gasteiger charge is 2.08. The number of rotatable bonds is 4. The zero-order valence-electron chi connectivity index (χ0n) is 13.8. The third kappa shape index (κ3) is 3.43. The Morgan fingerprint density at radius 1 is 1.08 bits per heavy atom. The van der Waals surface area contributed by atoms with Crippen LogP contribution in [0.2, 0.25) is 5.02 Å². The molecule has 0 saturated carbocycles. The molecule has 0 radical (unpaired) electrons. The number of carbonyl (C=O) groups excluding carboxylic acids is 1. The van der Waals surface area contributed by atoms with Crippen LogP contribution in [0.1, 0.15) is 5.56 Å². The first-order valence-electron chi connectivity index (χ1n) is 8.12. The smallest absolute Gasteiger partial charge is 0.234 e. The highest BCUT2D eigenvalue weighted by atomic mass is 35.5. The Bertz CT molecular complexity index is 1040. The normalized spacial score (nSPS) is 10.8. The minimum Gasteiger partial charge on any atom is -0.326 e. The van der Waals surface area contributed by atoms with Crippen LogP contribution in [-0.2, 0) is 11.2 Å². The van der Waals surface area contributed by atoms with E-state index in [-0.39, 0.29) is 12.3 Å². The van der Waals surface area contributed by atoms with Crippen LogP contribution in [0.3, 0.4) is 0 Å². The maximum Gasteiger partial charge on any atom is 0.234 e. The molecule has 5 nitrogen and oxygen atoms in total. The number of nitrogens with zero attached hydrogens (tertiary/aromatic N) is 3. The average molecular weight is 363 g/mol. The van der Waals surface area contributed by atoms with Gasteiger partial charge in [0.1, 0.15) is 0 Å². The number of carbonyl (C=O) groups is 1. The number of amides is 1. The molecule has 1 amide bonds. The van der Waals surface area contributed by atoms with Gasteiger partial charge >= 0.3 is 0 Å². The standard InChI is InChI=1S/C20H15ClN4O/c21-17-5-2-1-4-15(17)12-19(26)23-16-8-6-14(7-9-16)18-13-25-11-3-10-22-20(25)24-18/h1-11,13H,12H2,(H,23,26). The number of hydrogen-bond acceptors (Lipinski definition) is 3. The fourth-order valence-corrected chi connectivity index (χ4v) is 2.92. The first kappa shape index (κ1) is 16.3. The van der Waals surface area contributed by atoms with Crippen molar-refractivity contribution in [2.45, 2.75) is 6.42 Å². The zero-order valence-corrected chi connectivity index (χ0v) is 14.5. The largest absolute Gasteiger partial charge is 0.326 e. The summed E-state index contributed by atoms with van der Waals surface area (Å²) in [6.07, 6.45) is 5.78. The van der Waals surface area contributed by atoms with Crippen LogP contribution in [-0.4, -0.2) is 20.3 Å². The van der Waals surface area contributed by atoms with Crippen LogP contribution in [0, 0.1) is 0 Å². The van der Waals surface area contributed by atoms with Crippen LogP contribution in [0.25, 0.3) is 17.0 Å². The van der Waals surface area contributed by atoms with Crippen molar-refractivity contribution in [2.24, 2.45) is 0 Å². The lowest BCUT2D eigenvalue weighted by Crippen LogP contribution is -2.14. The molecule has 0 saturated heterocycles. The fourth-order valence-electron chi connectivity index (χ4n) is 2.71. The highest BCUT2D eigenvalue weighted by molar-refractivity contribution is 6.31. The van der Waals surface area contributed by atoms with Crippen molar-refractivity contribution in [1.82, 2.24) is 14.4 Å². The van der Waals surface area contributed by atoms with Crippen molar-refractivity contribution in [3.63, 3.8) is 0 Å². The number of benzene rings is 2. The summed E-state index contributed by atoms with van der Waals surface area (Å²) in [5.41, 5.74) is 3.32. The molecule has 0 aliphatic rings. The molecule has 128 valence electrons. The van der Waals surface area contributed by atoms with E-state index in [9.17, 15) is 4.79 Å². The average Bonchev–Trinajstić information content (AvgIpc) is 3.08. The quantitative estimate of drug-likeness (QED) is 0.591. The van der Waals surface area contributed by atoms with E-state index in [1.165, 1.54) is 0 Å². The summed E-state index contributed by atoms with van der Waals surface area (Å²) in [5.74, 6) is 0.544. The van der Waals surface area contributed by atoms with Gasteiger partial charge in [0.25, 0.3) is 0 Å². The van der Waals surface area contributed by atoms with Gasteiger partial charge in [-0.3, -0.25) is 9.20 Å². The number of imidazole rings is 1. The summed E-state index contributed by atoms with van der Waals surface area (Å²) in [7, 11) is 0. The number of halogens is 1. The van der Waals surface area contributed by atoms with Gasteiger partial charge < -0.3 is 5.32 Å². The van der Waals surface area contributed by atoms with Gasteiger partial charge in [0.05, 0.1) is 12.1 Å². The third-order valence-corrected chi connectivity index (χ3v) is 4.38. The van der Waals surface area contributed by atoms with Crippen LogP contribution in [0.4, 0.5) is 5.69 Å². The Morgan fingerprint density at radius 2 is 1.88 bits per heavy atom. The molecule has 26 heavy (non-hydrogen) atoms. The minimum atomic E-state index is -0.109. The van der Waals surface area contributed by atoms with Crippen molar-refractivity contribution >= 4 is 29.0 Å². The van der Waals surface area contributed by atoms with Gasteiger partial charge in [-0.15, -0.1) is 0 Å². The van der Waals surface area contributed by atoms with Gasteiger partial charge in [-0.05, 0) is 29.8 Å². The molecular weight excluding hydrogens is 348 g/mol. The number of nitrogens with one attached hydrogen (secondary N) is 1. The first-order valence-corrected chi connectivity index (χ1v) is 8.50. The second kappa shape index (κ2) is 6.98. The Kier molecular flexibility index (Phi) is 4.37. The van der Waals surface area contributed by atoms with Crippen LogP contribution in [0.15, 0.2) is 73.2 Å². The minimum absolute atomic E-state index is 0.109. The zero-order chi connectivity index (χ0) is 17.9. The second-order valence-corrected chi connectivity index (χ2v) is 6.25. The molecule has 2 aromatic carbocycles. The Morgan fingerprint density at radius 3 is 2.65 bits per heavy atom. The first-order chi connectivity index (χ1) is 12.7. The molecule has 4 aromatic rings. The summed E-state index contributed by atoms with van der Waals surface area (Å²) in [6.45, 7) is 0. The maximum atomic E-state index is 12.2. The Labute approximate surface area is 155 Å². The maximum absolute atomic E-state index is 12.2. The summed E-state index contributed by atoms with van der Waals surface area (Å²) >= 11 is 6.10. The van der Waals surface area contributed by atoms with E-state index in [0.29, 0.717) is 10.8 Å². The predicted molar refractivity (Wildman–Crippen MR) is 102 cm³/mol.